The first-order valence-electron chi connectivity index (χ1n) is 7.43. The molecule has 112 valence electrons. The molecule has 2 aliphatic heterocycles. The number of piperidine rings is 1. The fourth-order valence-electron chi connectivity index (χ4n) is 3.61. The van der Waals surface area contributed by atoms with Gasteiger partial charge >= 0.3 is 0 Å². The molecule has 1 fully saturated rings. The van der Waals surface area contributed by atoms with E-state index in [9.17, 15) is 5.26 Å². The van der Waals surface area contributed by atoms with E-state index in [1.165, 1.54) is 0 Å². The van der Waals surface area contributed by atoms with Gasteiger partial charge in [0.2, 0.25) is 11.8 Å². The SMILES string of the molecule is CC(C)c1[nH]nc2c1C1(CCN(C)CC1)C(C#N)C(=N)O2. The van der Waals surface area contributed by atoms with Crippen LogP contribution in [0, 0.1) is 22.7 Å². The molecule has 0 bridgehead atoms. The third kappa shape index (κ3) is 1.95. The lowest BCUT2D eigenvalue weighted by Crippen LogP contribution is -2.51. The first-order valence-corrected chi connectivity index (χ1v) is 7.43. The molecule has 21 heavy (non-hydrogen) atoms. The maximum atomic E-state index is 9.62. The van der Waals surface area contributed by atoms with Crippen molar-refractivity contribution in [3.8, 4) is 11.9 Å². The Morgan fingerprint density at radius 3 is 2.71 bits per heavy atom. The van der Waals surface area contributed by atoms with Crippen molar-refractivity contribution in [1.82, 2.24) is 15.1 Å². The highest BCUT2D eigenvalue weighted by Crippen LogP contribution is 2.50. The number of rotatable bonds is 1. The number of aromatic amines is 1. The summed E-state index contributed by atoms with van der Waals surface area (Å²) >= 11 is 0. The van der Waals surface area contributed by atoms with Crippen LogP contribution in [0.15, 0.2) is 0 Å². The van der Waals surface area contributed by atoms with Crippen molar-refractivity contribution in [2.24, 2.45) is 5.92 Å². The van der Waals surface area contributed by atoms with Crippen molar-refractivity contribution in [1.29, 1.82) is 10.7 Å². The maximum absolute atomic E-state index is 9.62. The lowest BCUT2D eigenvalue weighted by Gasteiger charge is -2.45. The van der Waals surface area contributed by atoms with Gasteiger partial charge in [-0.15, -0.1) is 5.10 Å². The van der Waals surface area contributed by atoms with Crippen molar-refractivity contribution < 1.29 is 4.74 Å². The average Bonchev–Trinajstić information content (AvgIpc) is 2.86. The molecule has 0 saturated carbocycles. The monoisotopic (exact) mass is 287 g/mol. The number of nitrogens with one attached hydrogen (secondary N) is 2. The van der Waals surface area contributed by atoms with E-state index in [0.29, 0.717) is 5.88 Å². The molecule has 0 aliphatic carbocycles. The topological polar surface area (TPSA) is 88.8 Å². The Labute approximate surface area is 124 Å². The van der Waals surface area contributed by atoms with E-state index in [1.807, 2.05) is 0 Å². The zero-order valence-electron chi connectivity index (χ0n) is 12.7. The van der Waals surface area contributed by atoms with Gasteiger partial charge in [0.15, 0.2) is 0 Å². The van der Waals surface area contributed by atoms with Crippen LogP contribution in [0.4, 0.5) is 0 Å². The standard InChI is InChI=1S/C15H21N5O/c1-9(2)12-11-14(19-18-12)21-13(17)10(8-16)15(11)4-6-20(3)7-5-15/h9-10,17H,4-7H2,1-3H3,(H,18,19). The molecular weight excluding hydrogens is 266 g/mol. The Bertz CT molecular complexity index is 604. The first kappa shape index (κ1) is 14.1. The van der Waals surface area contributed by atoms with E-state index < -0.39 is 5.92 Å². The van der Waals surface area contributed by atoms with Gasteiger partial charge in [-0.05, 0) is 38.9 Å². The van der Waals surface area contributed by atoms with Crippen LogP contribution in [-0.4, -0.2) is 41.1 Å². The summed E-state index contributed by atoms with van der Waals surface area (Å²) in [4.78, 5) is 2.27. The van der Waals surface area contributed by atoms with E-state index in [4.69, 9.17) is 10.1 Å². The minimum Gasteiger partial charge on any atom is -0.422 e. The molecule has 1 aromatic heterocycles. The number of nitrogens with zero attached hydrogens (tertiary/aromatic N) is 3. The highest BCUT2D eigenvalue weighted by atomic mass is 16.5. The smallest absolute Gasteiger partial charge is 0.243 e. The van der Waals surface area contributed by atoms with Gasteiger partial charge in [-0.3, -0.25) is 10.5 Å². The Morgan fingerprint density at radius 1 is 1.48 bits per heavy atom. The zero-order chi connectivity index (χ0) is 15.2. The molecular formula is C15H21N5O. The fourth-order valence-corrected chi connectivity index (χ4v) is 3.61. The van der Waals surface area contributed by atoms with Gasteiger partial charge in [-0.1, -0.05) is 13.8 Å². The largest absolute Gasteiger partial charge is 0.422 e. The van der Waals surface area contributed by atoms with Crippen LogP contribution in [0.5, 0.6) is 5.88 Å². The van der Waals surface area contributed by atoms with Gasteiger partial charge in [0.25, 0.3) is 0 Å². The Balaban J connectivity index is 2.17. The highest BCUT2D eigenvalue weighted by molar-refractivity contribution is 5.85. The maximum Gasteiger partial charge on any atom is 0.243 e. The van der Waals surface area contributed by atoms with Crippen LogP contribution in [0.25, 0.3) is 0 Å². The van der Waals surface area contributed by atoms with Crippen molar-refractivity contribution in [2.45, 2.75) is 38.0 Å². The molecule has 6 heteroatoms. The zero-order valence-corrected chi connectivity index (χ0v) is 12.7. The molecule has 6 nitrogen and oxygen atoms in total. The second kappa shape index (κ2) is 4.85. The summed E-state index contributed by atoms with van der Waals surface area (Å²) < 4.78 is 5.53. The van der Waals surface area contributed by atoms with Gasteiger partial charge in [0.05, 0.1) is 6.07 Å². The predicted molar refractivity (Wildman–Crippen MR) is 78.5 cm³/mol. The summed E-state index contributed by atoms with van der Waals surface area (Å²) in [5.74, 6) is 0.304. The number of fused-ring (bicyclic) bond motifs is 2. The van der Waals surface area contributed by atoms with Crippen LogP contribution in [0.3, 0.4) is 0 Å². The molecule has 1 unspecified atom stereocenters. The molecule has 0 amide bonds. The summed E-state index contributed by atoms with van der Waals surface area (Å²) in [6.07, 6.45) is 1.72. The number of likely N-dealkylation sites (tertiary alicyclic amines) is 1. The van der Waals surface area contributed by atoms with Crippen LogP contribution >= 0.6 is 0 Å². The number of hydrogen-bond acceptors (Lipinski definition) is 5. The summed E-state index contributed by atoms with van der Waals surface area (Å²) in [6, 6.07) is 2.32. The minimum absolute atomic E-state index is 0.0383. The Kier molecular flexibility index (Phi) is 3.25. The average molecular weight is 287 g/mol. The van der Waals surface area contributed by atoms with E-state index in [0.717, 1.165) is 37.2 Å². The van der Waals surface area contributed by atoms with E-state index in [2.05, 4.69) is 42.1 Å². The molecule has 2 aliphatic rings. The quantitative estimate of drug-likeness (QED) is 0.827. The number of H-pyrrole nitrogens is 1. The lowest BCUT2D eigenvalue weighted by atomic mass is 9.63. The van der Waals surface area contributed by atoms with Crippen molar-refractivity contribution in [2.75, 3.05) is 20.1 Å². The minimum atomic E-state index is -0.520. The molecule has 3 rings (SSSR count). The number of nitriles is 1. The molecule has 0 aromatic carbocycles. The third-order valence-corrected chi connectivity index (χ3v) is 4.87. The molecule has 0 radical (unpaired) electrons. The number of hydrogen-bond donors (Lipinski definition) is 2. The van der Waals surface area contributed by atoms with Crippen molar-refractivity contribution in [3.05, 3.63) is 11.3 Å². The molecule has 1 aromatic rings. The number of ether oxygens (including phenoxy) is 1. The molecule has 1 atom stereocenters. The summed E-state index contributed by atoms with van der Waals surface area (Å²) in [5.41, 5.74) is 1.74. The van der Waals surface area contributed by atoms with Gasteiger partial charge in [-0.2, -0.15) is 5.26 Å². The van der Waals surface area contributed by atoms with Crippen molar-refractivity contribution in [3.63, 3.8) is 0 Å². The highest BCUT2D eigenvalue weighted by Gasteiger charge is 2.52. The Morgan fingerprint density at radius 2 is 2.14 bits per heavy atom. The van der Waals surface area contributed by atoms with Crippen LogP contribution in [-0.2, 0) is 5.41 Å². The second-order valence-corrected chi connectivity index (χ2v) is 6.46. The van der Waals surface area contributed by atoms with Crippen LogP contribution < -0.4 is 4.74 Å². The third-order valence-electron chi connectivity index (χ3n) is 4.87. The molecule has 2 N–H and O–H groups in total. The summed E-state index contributed by atoms with van der Waals surface area (Å²) in [5, 5.41) is 25.0. The first-order chi connectivity index (χ1) is 9.99. The van der Waals surface area contributed by atoms with Gasteiger partial charge in [0, 0.05) is 16.7 Å². The van der Waals surface area contributed by atoms with E-state index in [1.54, 1.807) is 0 Å². The second-order valence-electron chi connectivity index (χ2n) is 6.46. The normalized spacial score (nSPS) is 24.7. The van der Waals surface area contributed by atoms with Crippen LogP contribution in [0.1, 0.15) is 43.9 Å². The lowest BCUT2D eigenvalue weighted by molar-refractivity contribution is 0.155. The van der Waals surface area contributed by atoms with Crippen molar-refractivity contribution >= 4 is 5.90 Å². The fraction of sp³-hybridized carbons (Fsp3) is 0.667. The summed E-state index contributed by atoms with van der Waals surface area (Å²) in [7, 11) is 2.10. The molecule has 3 heterocycles. The predicted octanol–water partition coefficient (Wildman–Crippen LogP) is 2.01. The van der Waals surface area contributed by atoms with Crippen LogP contribution in [0.2, 0.25) is 0 Å². The molecule has 1 saturated heterocycles. The van der Waals surface area contributed by atoms with Gasteiger partial charge in [-0.25, -0.2) is 0 Å². The van der Waals surface area contributed by atoms with Gasteiger partial charge in [0.1, 0.15) is 5.92 Å². The number of aromatic nitrogens is 2. The van der Waals surface area contributed by atoms with E-state index in [-0.39, 0.29) is 17.2 Å². The van der Waals surface area contributed by atoms with Gasteiger partial charge < -0.3 is 9.64 Å². The summed E-state index contributed by atoms with van der Waals surface area (Å²) in [6.45, 7) is 6.07. The Hall–Kier alpha value is -1.87. The molecule has 1 spiro atoms. The van der Waals surface area contributed by atoms with E-state index >= 15 is 0 Å².